The Hall–Kier alpha value is -1.92. The highest BCUT2D eigenvalue weighted by molar-refractivity contribution is 6.32. The van der Waals surface area contributed by atoms with Gasteiger partial charge in [0.15, 0.2) is 5.78 Å². The average Bonchev–Trinajstić information content (AvgIpc) is 2.48. The van der Waals surface area contributed by atoms with Crippen LogP contribution in [0, 0.1) is 0 Å². The van der Waals surface area contributed by atoms with Gasteiger partial charge in [-0.1, -0.05) is 11.6 Å². The lowest BCUT2D eigenvalue weighted by Crippen LogP contribution is -2.38. The van der Waals surface area contributed by atoms with Crippen LogP contribution in [-0.2, 0) is 4.74 Å². The topological polar surface area (TPSA) is 75.3 Å². The fraction of sp³-hybridized carbons (Fsp3) is 0.357. The summed E-state index contributed by atoms with van der Waals surface area (Å²) in [5.74, 6) is 0.286. The molecule has 0 bridgehead atoms. The van der Waals surface area contributed by atoms with E-state index in [4.69, 9.17) is 16.3 Å². The Balaban J connectivity index is 2.22. The Labute approximate surface area is 125 Å². The van der Waals surface area contributed by atoms with Gasteiger partial charge in [0, 0.05) is 23.7 Å². The van der Waals surface area contributed by atoms with Gasteiger partial charge >= 0.3 is 0 Å². The first-order valence-corrected chi connectivity index (χ1v) is 7.01. The Bertz CT molecular complexity index is 766. The van der Waals surface area contributed by atoms with Gasteiger partial charge in [0.2, 0.25) is 5.95 Å². The molecule has 1 fully saturated rings. The predicted molar refractivity (Wildman–Crippen MR) is 80.4 cm³/mol. The Morgan fingerprint density at radius 1 is 1.38 bits per heavy atom. The summed E-state index contributed by atoms with van der Waals surface area (Å²) in [6, 6.07) is 3.07. The van der Waals surface area contributed by atoms with Gasteiger partial charge in [0.1, 0.15) is 0 Å². The fourth-order valence-corrected chi connectivity index (χ4v) is 2.61. The van der Waals surface area contributed by atoms with Crippen LogP contribution in [0.2, 0.25) is 5.02 Å². The SMILES string of the molecule is CC(=O)c1cc(Cl)cc2c(=O)[nH]c(N3CCOCC3)nc12. The molecule has 0 radical (unpaired) electrons. The van der Waals surface area contributed by atoms with Gasteiger partial charge in [0.25, 0.3) is 5.56 Å². The molecule has 1 N–H and O–H groups in total. The average molecular weight is 308 g/mol. The van der Waals surface area contributed by atoms with E-state index in [1.165, 1.54) is 13.0 Å². The number of hydrogen-bond acceptors (Lipinski definition) is 5. The molecule has 6 nitrogen and oxygen atoms in total. The Morgan fingerprint density at radius 2 is 2.10 bits per heavy atom. The molecule has 2 heterocycles. The molecule has 0 aliphatic carbocycles. The summed E-state index contributed by atoms with van der Waals surface area (Å²) >= 11 is 5.97. The first-order valence-electron chi connectivity index (χ1n) is 6.63. The highest BCUT2D eigenvalue weighted by atomic mass is 35.5. The van der Waals surface area contributed by atoms with E-state index in [1.54, 1.807) is 6.07 Å². The molecule has 0 unspecified atom stereocenters. The van der Waals surface area contributed by atoms with Crippen molar-refractivity contribution in [3.63, 3.8) is 0 Å². The maximum atomic E-state index is 12.2. The van der Waals surface area contributed by atoms with E-state index in [0.717, 1.165) is 0 Å². The summed E-state index contributed by atoms with van der Waals surface area (Å²) in [5, 5.41) is 0.670. The number of aromatic nitrogens is 2. The van der Waals surface area contributed by atoms with Gasteiger partial charge in [0.05, 0.1) is 24.1 Å². The van der Waals surface area contributed by atoms with E-state index in [0.29, 0.717) is 53.7 Å². The van der Waals surface area contributed by atoms with Crippen molar-refractivity contribution in [1.82, 2.24) is 9.97 Å². The molecule has 1 aromatic heterocycles. The van der Waals surface area contributed by atoms with Crippen LogP contribution in [0.5, 0.6) is 0 Å². The highest BCUT2D eigenvalue weighted by Crippen LogP contribution is 2.22. The summed E-state index contributed by atoms with van der Waals surface area (Å²) in [6.45, 7) is 3.90. The third-order valence-corrected chi connectivity index (χ3v) is 3.67. The third-order valence-electron chi connectivity index (χ3n) is 3.45. The van der Waals surface area contributed by atoms with Crippen LogP contribution in [0.15, 0.2) is 16.9 Å². The number of halogens is 1. The summed E-state index contributed by atoms with van der Waals surface area (Å²) in [6.07, 6.45) is 0. The number of carbonyl (C=O) groups excluding carboxylic acids is 1. The van der Waals surface area contributed by atoms with Crippen LogP contribution in [0.3, 0.4) is 0 Å². The second kappa shape index (κ2) is 5.46. The number of H-pyrrole nitrogens is 1. The van der Waals surface area contributed by atoms with Crippen LogP contribution in [0.4, 0.5) is 5.95 Å². The number of Topliss-reactive ketones (excluding diaryl/α,β-unsaturated/α-hetero) is 1. The van der Waals surface area contributed by atoms with E-state index in [-0.39, 0.29) is 11.3 Å². The second-order valence-corrected chi connectivity index (χ2v) is 5.33. The van der Waals surface area contributed by atoms with Gasteiger partial charge in [-0.2, -0.15) is 0 Å². The molecule has 1 aliphatic heterocycles. The standard InChI is InChI=1S/C14H14ClN3O3/c1-8(19)10-6-9(15)7-11-12(10)16-14(17-13(11)20)18-2-4-21-5-3-18/h6-7H,2-5H2,1H3,(H,16,17,20). The smallest absolute Gasteiger partial charge is 0.260 e. The molecule has 0 saturated carbocycles. The van der Waals surface area contributed by atoms with Crippen molar-refractivity contribution in [2.75, 3.05) is 31.2 Å². The number of hydrogen-bond donors (Lipinski definition) is 1. The molecular formula is C14H14ClN3O3. The third kappa shape index (κ3) is 2.64. The number of benzene rings is 1. The number of nitrogens with one attached hydrogen (secondary N) is 1. The molecule has 1 aliphatic rings. The molecule has 0 spiro atoms. The van der Waals surface area contributed by atoms with E-state index >= 15 is 0 Å². The molecule has 7 heteroatoms. The molecule has 3 rings (SSSR count). The van der Waals surface area contributed by atoms with E-state index in [9.17, 15) is 9.59 Å². The first kappa shape index (κ1) is 14.0. The number of morpholine rings is 1. The van der Waals surface area contributed by atoms with Crippen molar-refractivity contribution in [3.8, 4) is 0 Å². The number of nitrogens with zero attached hydrogens (tertiary/aromatic N) is 2. The van der Waals surface area contributed by atoms with Gasteiger partial charge in [-0.25, -0.2) is 4.98 Å². The maximum Gasteiger partial charge on any atom is 0.260 e. The number of rotatable bonds is 2. The summed E-state index contributed by atoms with van der Waals surface area (Å²) in [7, 11) is 0. The Kier molecular flexibility index (Phi) is 3.65. The van der Waals surface area contributed by atoms with Crippen LogP contribution >= 0.6 is 11.6 Å². The second-order valence-electron chi connectivity index (χ2n) is 4.89. The summed E-state index contributed by atoms with van der Waals surface area (Å²) in [5.41, 5.74) is 0.446. The molecule has 21 heavy (non-hydrogen) atoms. The number of fused-ring (bicyclic) bond motifs is 1. The lowest BCUT2D eigenvalue weighted by molar-refractivity contribution is 0.101. The zero-order valence-electron chi connectivity index (χ0n) is 11.5. The minimum Gasteiger partial charge on any atom is -0.378 e. The largest absolute Gasteiger partial charge is 0.378 e. The van der Waals surface area contributed by atoms with E-state index < -0.39 is 0 Å². The van der Waals surface area contributed by atoms with Gasteiger partial charge in [-0.3, -0.25) is 14.6 Å². The minimum absolute atomic E-state index is 0.173. The fourth-order valence-electron chi connectivity index (χ4n) is 2.39. The van der Waals surface area contributed by atoms with Crippen molar-refractivity contribution in [2.24, 2.45) is 0 Å². The highest BCUT2D eigenvalue weighted by Gasteiger charge is 2.17. The zero-order chi connectivity index (χ0) is 15.0. The summed E-state index contributed by atoms with van der Waals surface area (Å²) < 4.78 is 5.28. The van der Waals surface area contributed by atoms with Gasteiger partial charge in [-0.15, -0.1) is 0 Å². The number of ether oxygens (including phenoxy) is 1. The minimum atomic E-state index is -0.300. The molecule has 1 aromatic carbocycles. The van der Waals surface area contributed by atoms with Gasteiger partial charge in [-0.05, 0) is 19.1 Å². The molecule has 0 amide bonds. The lowest BCUT2D eigenvalue weighted by Gasteiger charge is -2.27. The van der Waals surface area contributed by atoms with Crippen LogP contribution in [-0.4, -0.2) is 42.1 Å². The number of aromatic amines is 1. The number of ketones is 1. The molecular weight excluding hydrogens is 294 g/mol. The predicted octanol–water partition coefficient (Wildman–Crippen LogP) is 1.62. The molecule has 1 saturated heterocycles. The monoisotopic (exact) mass is 307 g/mol. The quantitative estimate of drug-likeness (QED) is 0.853. The summed E-state index contributed by atoms with van der Waals surface area (Å²) in [4.78, 5) is 33.1. The van der Waals surface area contributed by atoms with Crippen molar-refractivity contribution in [2.45, 2.75) is 6.92 Å². The molecule has 110 valence electrons. The van der Waals surface area contributed by atoms with Crippen molar-refractivity contribution in [3.05, 3.63) is 33.1 Å². The zero-order valence-corrected chi connectivity index (χ0v) is 12.2. The van der Waals surface area contributed by atoms with Crippen molar-refractivity contribution in [1.29, 1.82) is 0 Å². The van der Waals surface area contributed by atoms with Crippen LogP contribution < -0.4 is 10.5 Å². The first-order chi connectivity index (χ1) is 10.1. The van der Waals surface area contributed by atoms with Crippen molar-refractivity contribution < 1.29 is 9.53 Å². The molecule has 2 aromatic rings. The van der Waals surface area contributed by atoms with E-state index in [1.807, 2.05) is 4.90 Å². The van der Waals surface area contributed by atoms with Gasteiger partial charge < -0.3 is 9.64 Å². The molecule has 0 atom stereocenters. The lowest BCUT2D eigenvalue weighted by atomic mass is 10.1. The van der Waals surface area contributed by atoms with E-state index in [2.05, 4.69) is 9.97 Å². The number of anilines is 1. The van der Waals surface area contributed by atoms with Crippen LogP contribution in [0.25, 0.3) is 10.9 Å². The normalized spacial score (nSPS) is 15.4. The number of carbonyl (C=O) groups is 1. The Morgan fingerprint density at radius 3 is 2.76 bits per heavy atom. The van der Waals surface area contributed by atoms with Crippen molar-refractivity contribution >= 4 is 34.2 Å². The van der Waals surface area contributed by atoms with Crippen LogP contribution in [0.1, 0.15) is 17.3 Å². The maximum absolute atomic E-state index is 12.2.